The highest BCUT2D eigenvalue weighted by Gasteiger charge is 2.36. The van der Waals surface area contributed by atoms with Gasteiger partial charge in [0.25, 0.3) is 0 Å². The van der Waals surface area contributed by atoms with Crippen molar-refractivity contribution in [1.82, 2.24) is 9.80 Å². The van der Waals surface area contributed by atoms with Crippen LogP contribution in [0.3, 0.4) is 0 Å². The van der Waals surface area contributed by atoms with Crippen LogP contribution in [-0.4, -0.2) is 74.0 Å². The average molecular weight is 465 g/mol. The number of amides is 2. The summed E-state index contributed by atoms with van der Waals surface area (Å²) in [6, 6.07) is 15.0. The molecule has 4 rings (SSSR count). The summed E-state index contributed by atoms with van der Waals surface area (Å²) < 4.78 is 16.0. The van der Waals surface area contributed by atoms with Gasteiger partial charge in [-0.05, 0) is 22.3 Å². The molecule has 1 atom stereocenters. The molecule has 1 aliphatic carbocycles. The van der Waals surface area contributed by atoms with Gasteiger partial charge >= 0.3 is 12.1 Å². The van der Waals surface area contributed by atoms with Crippen molar-refractivity contribution in [2.45, 2.75) is 18.4 Å². The number of benzene rings is 2. The maximum absolute atomic E-state index is 13.1. The number of esters is 1. The van der Waals surface area contributed by atoms with Crippen LogP contribution < -0.4 is 0 Å². The van der Waals surface area contributed by atoms with E-state index in [1.54, 1.807) is 0 Å². The maximum Gasteiger partial charge on any atom is 0.410 e. The average Bonchev–Trinajstić information content (AvgIpc) is 3.51. The van der Waals surface area contributed by atoms with E-state index < -0.39 is 18.1 Å². The fraction of sp³-hybridized carbons (Fsp3) is 0.346. The van der Waals surface area contributed by atoms with Crippen LogP contribution in [0.2, 0.25) is 0 Å². The lowest BCUT2D eigenvalue weighted by Gasteiger charge is -2.29. The number of hydrogen-bond donors (Lipinski definition) is 0. The zero-order valence-electron chi connectivity index (χ0n) is 19.1. The minimum atomic E-state index is -1.06. The SMILES string of the molecule is C=CCOC(=O)C[C@@H](C(=O)N1CCOC1)N(C)C(=O)OCC1c2ccccc2-c2ccccc21. The van der Waals surface area contributed by atoms with Gasteiger partial charge in [-0.2, -0.15) is 0 Å². The molecular weight excluding hydrogens is 436 g/mol. The van der Waals surface area contributed by atoms with Crippen molar-refractivity contribution in [2.24, 2.45) is 0 Å². The van der Waals surface area contributed by atoms with Crippen molar-refractivity contribution in [3.8, 4) is 11.1 Å². The second-order valence-electron chi connectivity index (χ2n) is 8.25. The van der Waals surface area contributed by atoms with Crippen LogP contribution in [0.25, 0.3) is 11.1 Å². The Balaban J connectivity index is 1.47. The third kappa shape index (κ3) is 4.82. The van der Waals surface area contributed by atoms with Crippen LogP contribution in [0.4, 0.5) is 4.79 Å². The third-order valence-corrected chi connectivity index (χ3v) is 6.16. The zero-order chi connectivity index (χ0) is 24.1. The summed E-state index contributed by atoms with van der Waals surface area (Å²) in [7, 11) is 1.46. The molecule has 1 heterocycles. The molecule has 178 valence electrons. The van der Waals surface area contributed by atoms with E-state index in [1.807, 2.05) is 36.4 Å². The van der Waals surface area contributed by atoms with Crippen molar-refractivity contribution in [1.29, 1.82) is 0 Å². The standard InChI is InChI=1S/C26H28N2O6/c1-3-13-33-24(29)15-23(25(30)28-12-14-32-17-28)27(2)26(31)34-16-22-20-10-6-4-8-18(20)19-9-5-7-11-21(19)22/h3-11,22-23H,1,12-17H2,2H3/t23-/m0/s1. The van der Waals surface area contributed by atoms with Crippen LogP contribution in [0.5, 0.6) is 0 Å². The van der Waals surface area contributed by atoms with E-state index in [9.17, 15) is 14.4 Å². The second-order valence-corrected chi connectivity index (χ2v) is 8.25. The highest BCUT2D eigenvalue weighted by molar-refractivity contribution is 5.89. The molecule has 2 aromatic rings. The first kappa shape index (κ1) is 23.5. The molecule has 0 bridgehead atoms. The molecule has 1 fully saturated rings. The van der Waals surface area contributed by atoms with Crippen LogP contribution >= 0.6 is 0 Å². The molecule has 0 spiro atoms. The number of rotatable bonds is 8. The Morgan fingerprint density at radius 2 is 1.76 bits per heavy atom. The molecule has 1 saturated heterocycles. The Morgan fingerprint density at radius 3 is 2.35 bits per heavy atom. The summed E-state index contributed by atoms with van der Waals surface area (Å²) in [6.45, 7) is 4.59. The first-order valence-electron chi connectivity index (χ1n) is 11.2. The van der Waals surface area contributed by atoms with Crippen molar-refractivity contribution in [3.63, 3.8) is 0 Å². The molecule has 2 aromatic carbocycles. The molecule has 2 amide bonds. The number of fused-ring (bicyclic) bond motifs is 3. The summed E-state index contributed by atoms with van der Waals surface area (Å²) in [4.78, 5) is 41.0. The molecule has 0 unspecified atom stereocenters. The molecule has 0 aromatic heterocycles. The minimum Gasteiger partial charge on any atom is -0.461 e. The van der Waals surface area contributed by atoms with E-state index in [-0.39, 0.29) is 38.2 Å². The summed E-state index contributed by atoms with van der Waals surface area (Å²) in [5.74, 6) is -1.09. The topological polar surface area (TPSA) is 85.4 Å². The lowest BCUT2D eigenvalue weighted by molar-refractivity contribution is -0.148. The zero-order valence-corrected chi connectivity index (χ0v) is 19.1. The first-order valence-corrected chi connectivity index (χ1v) is 11.2. The largest absolute Gasteiger partial charge is 0.461 e. The summed E-state index contributed by atoms with van der Waals surface area (Å²) in [6.07, 6.45) is 0.471. The van der Waals surface area contributed by atoms with Crippen molar-refractivity contribution in [2.75, 3.05) is 40.1 Å². The molecule has 1 aliphatic heterocycles. The van der Waals surface area contributed by atoms with Gasteiger partial charge in [-0.1, -0.05) is 61.2 Å². The number of nitrogens with zero attached hydrogens (tertiary/aromatic N) is 2. The van der Waals surface area contributed by atoms with Crippen molar-refractivity contribution >= 4 is 18.0 Å². The second kappa shape index (κ2) is 10.5. The highest BCUT2D eigenvalue weighted by atomic mass is 16.6. The first-order chi connectivity index (χ1) is 16.5. The Labute approximate surface area is 198 Å². The van der Waals surface area contributed by atoms with Crippen molar-refractivity contribution < 1.29 is 28.6 Å². The summed E-state index contributed by atoms with van der Waals surface area (Å²) >= 11 is 0. The van der Waals surface area contributed by atoms with Crippen LogP contribution in [0.15, 0.2) is 61.2 Å². The predicted molar refractivity (Wildman–Crippen MR) is 125 cm³/mol. The van der Waals surface area contributed by atoms with Gasteiger partial charge in [0.05, 0.1) is 13.0 Å². The van der Waals surface area contributed by atoms with Gasteiger partial charge in [0.15, 0.2) is 0 Å². The van der Waals surface area contributed by atoms with E-state index in [2.05, 4.69) is 18.7 Å². The Bertz CT molecular complexity index is 1030. The minimum absolute atomic E-state index is 0.0290. The number of hydrogen-bond acceptors (Lipinski definition) is 6. The maximum atomic E-state index is 13.1. The predicted octanol–water partition coefficient (Wildman–Crippen LogP) is 3.17. The van der Waals surface area contributed by atoms with E-state index in [0.29, 0.717) is 13.2 Å². The van der Waals surface area contributed by atoms with Crippen molar-refractivity contribution in [3.05, 3.63) is 72.3 Å². The smallest absolute Gasteiger partial charge is 0.410 e. The molecule has 0 radical (unpaired) electrons. The number of carbonyl (C=O) groups is 3. The van der Waals surface area contributed by atoms with E-state index in [4.69, 9.17) is 14.2 Å². The molecule has 2 aliphatic rings. The van der Waals surface area contributed by atoms with Gasteiger partial charge < -0.3 is 19.1 Å². The molecule has 8 nitrogen and oxygen atoms in total. The van der Waals surface area contributed by atoms with Crippen LogP contribution in [0, 0.1) is 0 Å². The van der Waals surface area contributed by atoms with E-state index in [1.165, 1.54) is 22.9 Å². The van der Waals surface area contributed by atoms with Gasteiger partial charge in [0.2, 0.25) is 5.91 Å². The monoisotopic (exact) mass is 464 g/mol. The quantitative estimate of drug-likeness (QED) is 0.441. The van der Waals surface area contributed by atoms with Gasteiger partial charge in [0.1, 0.15) is 26.0 Å². The Morgan fingerprint density at radius 1 is 1.12 bits per heavy atom. The van der Waals surface area contributed by atoms with Crippen LogP contribution in [-0.2, 0) is 23.8 Å². The molecular formula is C26H28N2O6. The lowest BCUT2D eigenvalue weighted by atomic mass is 9.98. The van der Waals surface area contributed by atoms with Gasteiger partial charge in [0, 0.05) is 19.5 Å². The number of carbonyl (C=O) groups excluding carboxylic acids is 3. The Kier molecular flexibility index (Phi) is 7.27. The van der Waals surface area contributed by atoms with Gasteiger partial charge in [-0.15, -0.1) is 0 Å². The molecule has 8 heteroatoms. The molecule has 0 N–H and O–H groups in total. The number of likely N-dealkylation sites (N-methyl/N-ethyl adjacent to an activating group) is 1. The van der Waals surface area contributed by atoms with Gasteiger partial charge in [-0.25, -0.2) is 4.79 Å². The highest BCUT2D eigenvalue weighted by Crippen LogP contribution is 2.44. The third-order valence-electron chi connectivity index (χ3n) is 6.16. The molecule has 0 saturated carbocycles. The van der Waals surface area contributed by atoms with Crippen LogP contribution in [0.1, 0.15) is 23.5 Å². The van der Waals surface area contributed by atoms with Gasteiger partial charge in [-0.3, -0.25) is 14.5 Å². The van der Waals surface area contributed by atoms with E-state index >= 15 is 0 Å². The number of ether oxygens (including phenoxy) is 3. The normalized spacial score (nSPS) is 15.3. The lowest BCUT2D eigenvalue weighted by Crippen LogP contribution is -2.50. The fourth-order valence-corrected chi connectivity index (χ4v) is 4.38. The molecule has 34 heavy (non-hydrogen) atoms. The Hall–Kier alpha value is -3.65. The summed E-state index contributed by atoms with van der Waals surface area (Å²) in [5, 5.41) is 0. The summed E-state index contributed by atoms with van der Waals surface area (Å²) in [5.41, 5.74) is 4.43. The fourth-order valence-electron chi connectivity index (χ4n) is 4.38. The van der Waals surface area contributed by atoms with E-state index in [0.717, 1.165) is 22.3 Å².